The van der Waals surface area contributed by atoms with Crippen molar-refractivity contribution in [1.82, 2.24) is 4.90 Å². The first-order chi connectivity index (χ1) is 7.97. The Labute approximate surface area is 97.0 Å². The first-order valence-corrected chi connectivity index (χ1v) is 5.22. The van der Waals surface area contributed by atoms with Crippen LogP contribution in [0.15, 0.2) is 18.2 Å². The normalized spacial score (nSPS) is 20.2. The maximum atomic E-state index is 13.0. The highest BCUT2D eigenvalue weighted by Gasteiger charge is 2.35. The molecule has 0 saturated carbocycles. The number of carbonyl (C=O) groups excluding carboxylic acids is 2. The van der Waals surface area contributed by atoms with E-state index in [1.165, 1.54) is 19.2 Å². The smallest absolute Gasteiger partial charge is 0.232 e. The molecule has 1 fully saturated rings. The van der Waals surface area contributed by atoms with Crippen LogP contribution in [0.2, 0.25) is 0 Å². The lowest BCUT2D eigenvalue weighted by Crippen LogP contribution is -2.26. The Morgan fingerprint density at radius 3 is 2.29 bits per heavy atom. The highest BCUT2D eigenvalue weighted by atomic mass is 19.1. The zero-order valence-electron chi connectivity index (χ0n) is 9.24. The fourth-order valence-electron chi connectivity index (χ4n) is 2.00. The fraction of sp³-hybridized carbons (Fsp3) is 0.333. The summed E-state index contributed by atoms with van der Waals surface area (Å²) >= 11 is 0. The van der Waals surface area contributed by atoms with Crippen molar-refractivity contribution in [3.05, 3.63) is 35.4 Å². The maximum Gasteiger partial charge on any atom is 0.232 e. The molecule has 1 unspecified atom stereocenters. The van der Waals surface area contributed by atoms with Gasteiger partial charge in [-0.3, -0.25) is 14.5 Å². The fourth-order valence-corrected chi connectivity index (χ4v) is 2.00. The lowest BCUT2D eigenvalue weighted by Gasteiger charge is -2.09. The van der Waals surface area contributed by atoms with Gasteiger partial charge in [-0.05, 0) is 24.1 Å². The van der Waals surface area contributed by atoms with Crippen molar-refractivity contribution in [3.8, 4) is 0 Å². The van der Waals surface area contributed by atoms with E-state index in [1.54, 1.807) is 0 Å². The highest BCUT2D eigenvalue weighted by Crippen LogP contribution is 2.23. The van der Waals surface area contributed by atoms with E-state index < -0.39 is 17.6 Å². The minimum atomic E-state index is -0.676. The van der Waals surface area contributed by atoms with Gasteiger partial charge in [0.2, 0.25) is 11.8 Å². The monoisotopic (exact) mass is 239 g/mol. The number of halogens is 2. The van der Waals surface area contributed by atoms with Crippen LogP contribution in [0.5, 0.6) is 0 Å². The van der Waals surface area contributed by atoms with Crippen molar-refractivity contribution >= 4 is 11.8 Å². The average Bonchev–Trinajstić information content (AvgIpc) is 2.45. The molecule has 0 radical (unpaired) electrons. The van der Waals surface area contributed by atoms with E-state index in [0.29, 0.717) is 5.56 Å². The second-order valence-electron chi connectivity index (χ2n) is 4.17. The van der Waals surface area contributed by atoms with E-state index in [2.05, 4.69) is 0 Å². The molecular formula is C12H11F2NO2. The predicted molar refractivity (Wildman–Crippen MR) is 55.9 cm³/mol. The summed E-state index contributed by atoms with van der Waals surface area (Å²) in [5, 5.41) is 0. The Bertz CT molecular complexity index is 467. The lowest BCUT2D eigenvalue weighted by atomic mass is 9.98. The van der Waals surface area contributed by atoms with Crippen LogP contribution < -0.4 is 0 Å². The van der Waals surface area contributed by atoms with Crippen molar-refractivity contribution in [2.45, 2.75) is 12.8 Å². The summed E-state index contributed by atoms with van der Waals surface area (Å²) < 4.78 is 25.9. The van der Waals surface area contributed by atoms with E-state index in [1.807, 2.05) is 0 Å². The number of amides is 2. The summed E-state index contributed by atoms with van der Waals surface area (Å²) in [6.07, 6.45) is 0.289. The molecule has 5 heteroatoms. The molecule has 1 aliphatic rings. The van der Waals surface area contributed by atoms with E-state index in [9.17, 15) is 18.4 Å². The molecule has 0 N–H and O–H groups in total. The van der Waals surface area contributed by atoms with E-state index >= 15 is 0 Å². The van der Waals surface area contributed by atoms with Gasteiger partial charge in [-0.15, -0.1) is 0 Å². The molecule has 17 heavy (non-hydrogen) atoms. The van der Waals surface area contributed by atoms with Crippen molar-refractivity contribution in [2.24, 2.45) is 5.92 Å². The van der Waals surface area contributed by atoms with Gasteiger partial charge in [0.15, 0.2) is 0 Å². The number of hydrogen-bond donors (Lipinski definition) is 0. The largest absolute Gasteiger partial charge is 0.285 e. The summed E-state index contributed by atoms with van der Waals surface area (Å²) in [4.78, 5) is 23.9. The molecule has 0 bridgehead atoms. The van der Waals surface area contributed by atoms with Crippen molar-refractivity contribution in [1.29, 1.82) is 0 Å². The second kappa shape index (κ2) is 4.24. The van der Waals surface area contributed by atoms with Crippen molar-refractivity contribution in [2.75, 3.05) is 7.05 Å². The summed E-state index contributed by atoms with van der Waals surface area (Å²) in [5.74, 6) is -2.40. The maximum absolute atomic E-state index is 13.0. The number of nitrogens with zero attached hydrogens (tertiary/aromatic N) is 1. The van der Waals surface area contributed by atoms with Gasteiger partial charge in [0.1, 0.15) is 11.6 Å². The molecular weight excluding hydrogens is 228 g/mol. The molecule has 0 aromatic heterocycles. The first-order valence-electron chi connectivity index (χ1n) is 5.22. The number of hydrogen-bond acceptors (Lipinski definition) is 2. The van der Waals surface area contributed by atoms with E-state index in [4.69, 9.17) is 0 Å². The minimum absolute atomic E-state index is 0.105. The third kappa shape index (κ3) is 2.33. The predicted octanol–water partition coefficient (Wildman–Crippen LogP) is 1.51. The summed E-state index contributed by atoms with van der Waals surface area (Å²) in [6.45, 7) is 0. The van der Waals surface area contributed by atoms with Crippen LogP contribution in [-0.4, -0.2) is 23.8 Å². The second-order valence-corrected chi connectivity index (χ2v) is 4.17. The van der Waals surface area contributed by atoms with Crippen LogP contribution in [0.4, 0.5) is 8.78 Å². The molecule has 2 amide bonds. The van der Waals surface area contributed by atoms with Gasteiger partial charge in [-0.25, -0.2) is 8.78 Å². The molecule has 1 heterocycles. The van der Waals surface area contributed by atoms with Gasteiger partial charge in [-0.2, -0.15) is 0 Å². The van der Waals surface area contributed by atoms with Gasteiger partial charge in [-0.1, -0.05) is 0 Å². The van der Waals surface area contributed by atoms with Gasteiger partial charge in [0.25, 0.3) is 0 Å². The van der Waals surface area contributed by atoms with Gasteiger partial charge >= 0.3 is 0 Å². The Hall–Kier alpha value is -1.78. The average molecular weight is 239 g/mol. The number of imide groups is 1. The first kappa shape index (κ1) is 11.7. The quantitative estimate of drug-likeness (QED) is 0.734. The number of likely N-dealkylation sites (tertiary alicyclic amines) is 1. The number of benzene rings is 1. The van der Waals surface area contributed by atoms with Crippen molar-refractivity contribution < 1.29 is 18.4 Å². The van der Waals surface area contributed by atoms with Crippen LogP contribution in [0.1, 0.15) is 12.0 Å². The lowest BCUT2D eigenvalue weighted by molar-refractivity contribution is -0.137. The zero-order valence-corrected chi connectivity index (χ0v) is 9.24. The Morgan fingerprint density at radius 2 is 1.82 bits per heavy atom. The minimum Gasteiger partial charge on any atom is -0.285 e. The van der Waals surface area contributed by atoms with Crippen LogP contribution >= 0.6 is 0 Å². The Morgan fingerprint density at radius 1 is 1.24 bits per heavy atom. The van der Waals surface area contributed by atoms with Crippen LogP contribution in [0.25, 0.3) is 0 Å². The molecule has 1 saturated heterocycles. The number of rotatable bonds is 2. The standard InChI is InChI=1S/C12H11F2NO2/c1-15-11(16)5-8(12(15)17)2-7-3-9(13)6-10(14)4-7/h3-4,6,8H,2,5H2,1H3. The topological polar surface area (TPSA) is 37.4 Å². The SMILES string of the molecule is CN1C(=O)CC(Cc2cc(F)cc(F)c2)C1=O. The van der Waals surface area contributed by atoms with Crippen LogP contribution in [0.3, 0.4) is 0 Å². The van der Waals surface area contributed by atoms with Crippen LogP contribution in [0, 0.1) is 17.6 Å². The molecule has 0 spiro atoms. The van der Waals surface area contributed by atoms with Crippen LogP contribution in [-0.2, 0) is 16.0 Å². The van der Waals surface area contributed by atoms with E-state index in [0.717, 1.165) is 11.0 Å². The number of carbonyl (C=O) groups is 2. The Balaban J connectivity index is 2.16. The third-order valence-electron chi connectivity index (χ3n) is 2.88. The Kier molecular flexibility index (Phi) is 2.92. The zero-order chi connectivity index (χ0) is 12.6. The summed E-state index contributed by atoms with van der Waals surface area (Å²) in [7, 11) is 1.41. The molecule has 2 rings (SSSR count). The third-order valence-corrected chi connectivity index (χ3v) is 2.88. The van der Waals surface area contributed by atoms with Crippen molar-refractivity contribution in [3.63, 3.8) is 0 Å². The molecule has 1 aromatic rings. The summed E-state index contributed by atoms with van der Waals surface area (Å²) in [5.41, 5.74) is 0.393. The molecule has 1 aromatic carbocycles. The molecule has 3 nitrogen and oxygen atoms in total. The highest BCUT2D eigenvalue weighted by molar-refractivity contribution is 6.03. The van der Waals surface area contributed by atoms with E-state index in [-0.39, 0.29) is 24.7 Å². The molecule has 1 atom stereocenters. The van der Waals surface area contributed by atoms with Gasteiger partial charge in [0, 0.05) is 19.5 Å². The van der Waals surface area contributed by atoms with Gasteiger partial charge in [0.05, 0.1) is 5.92 Å². The molecule has 1 aliphatic heterocycles. The summed E-state index contributed by atoms with van der Waals surface area (Å²) in [6, 6.07) is 3.13. The van der Waals surface area contributed by atoms with Gasteiger partial charge < -0.3 is 0 Å². The molecule has 0 aliphatic carbocycles. The molecule has 90 valence electrons.